The second-order valence-electron chi connectivity index (χ2n) is 4.14. The van der Waals surface area contributed by atoms with Gasteiger partial charge in [-0.05, 0) is 17.7 Å². The summed E-state index contributed by atoms with van der Waals surface area (Å²) in [5, 5.41) is 4.34. The van der Waals surface area contributed by atoms with Crippen LogP contribution in [0.1, 0.15) is 18.4 Å². The molecule has 1 atom stereocenters. The largest absolute Gasteiger partial charge is 0.369 e. The van der Waals surface area contributed by atoms with E-state index >= 15 is 0 Å². The zero-order valence-corrected chi connectivity index (χ0v) is 11.4. The lowest BCUT2D eigenvalue weighted by Gasteiger charge is -2.13. The van der Waals surface area contributed by atoms with Crippen molar-refractivity contribution < 1.29 is 0 Å². The number of hydrogen-bond donors (Lipinski definition) is 1. The first kappa shape index (κ1) is 12.9. The van der Waals surface area contributed by atoms with Gasteiger partial charge in [0.25, 0.3) is 0 Å². The molecule has 1 aromatic heterocycles. The highest BCUT2D eigenvalue weighted by Gasteiger charge is 2.05. The highest BCUT2D eigenvalue weighted by Crippen LogP contribution is 2.17. The molecular formula is C14H17N3S. The number of benzene rings is 1. The lowest BCUT2D eigenvalue weighted by molar-refractivity contribution is 0.799. The number of thioether (sulfide) groups is 1. The Morgan fingerprint density at radius 2 is 2.00 bits per heavy atom. The van der Waals surface area contributed by atoms with Gasteiger partial charge in [0, 0.05) is 12.6 Å². The van der Waals surface area contributed by atoms with E-state index in [1.165, 1.54) is 5.56 Å². The minimum Gasteiger partial charge on any atom is -0.369 e. The molecule has 0 fully saturated rings. The molecule has 4 heteroatoms. The minimum atomic E-state index is 0.457. The molecule has 3 nitrogen and oxygen atoms in total. The van der Waals surface area contributed by atoms with Gasteiger partial charge in [0.1, 0.15) is 17.2 Å². The minimum absolute atomic E-state index is 0.457. The van der Waals surface area contributed by atoms with E-state index in [4.69, 9.17) is 0 Å². The molecule has 0 bridgehead atoms. The molecule has 0 aliphatic carbocycles. The van der Waals surface area contributed by atoms with Gasteiger partial charge >= 0.3 is 0 Å². The second kappa shape index (κ2) is 6.40. The Bertz CT molecular complexity index is 487. The highest BCUT2D eigenvalue weighted by atomic mass is 32.2. The zero-order valence-electron chi connectivity index (χ0n) is 10.6. The summed E-state index contributed by atoms with van der Waals surface area (Å²) in [6.07, 6.45) is 3.61. The number of hydrogen-bond acceptors (Lipinski definition) is 4. The third-order valence-corrected chi connectivity index (χ3v) is 3.45. The van der Waals surface area contributed by atoms with E-state index in [1.54, 1.807) is 18.1 Å². The molecule has 0 radical (unpaired) electrons. The third kappa shape index (κ3) is 3.47. The van der Waals surface area contributed by atoms with Gasteiger partial charge in [0.15, 0.2) is 0 Å². The Kier molecular flexibility index (Phi) is 4.59. The molecule has 0 saturated heterocycles. The van der Waals surface area contributed by atoms with Gasteiger partial charge in [-0.25, -0.2) is 9.97 Å². The topological polar surface area (TPSA) is 37.8 Å². The number of nitrogens with zero attached hydrogens (tertiary/aromatic N) is 2. The van der Waals surface area contributed by atoms with Crippen LogP contribution in [-0.4, -0.2) is 22.8 Å². The average molecular weight is 259 g/mol. The van der Waals surface area contributed by atoms with Crippen molar-refractivity contribution in [2.24, 2.45) is 0 Å². The van der Waals surface area contributed by atoms with Gasteiger partial charge in [0.2, 0.25) is 0 Å². The van der Waals surface area contributed by atoms with E-state index in [0.717, 1.165) is 17.4 Å². The van der Waals surface area contributed by atoms with Gasteiger partial charge in [0.05, 0.1) is 0 Å². The molecule has 1 N–H and O–H groups in total. The molecule has 0 amide bonds. The summed E-state index contributed by atoms with van der Waals surface area (Å²) in [6, 6.07) is 12.5. The summed E-state index contributed by atoms with van der Waals surface area (Å²) >= 11 is 1.62. The molecule has 2 rings (SSSR count). The van der Waals surface area contributed by atoms with E-state index in [0.29, 0.717) is 5.92 Å². The lowest BCUT2D eigenvalue weighted by atomic mass is 10.0. The zero-order chi connectivity index (χ0) is 12.8. The summed E-state index contributed by atoms with van der Waals surface area (Å²) in [4.78, 5) is 8.37. The van der Waals surface area contributed by atoms with Crippen molar-refractivity contribution >= 4 is 17.6 Å². The summed E-state index contributed by atoms with van der Waals surface area (Å²) < 4.78 is 0. The number of aromatic nitrogens is 2. The van der Waals surface area contributed by atoms with Crippen LogP contribution in [0, 0.1) is 0 Å². The fourth-order valence-electron chi connectivity index (χ4n) is 1.70. The molecule has 18 heavy (non-hydrogen) atoms. The predicted octanol–water partition coefficient (Wildman–Crippen LogP) is 3.41. The Morgan fingerprint density at radius 3 is 2.72 bits per heavy atom. The van der Waals surface area contributed by atoms with Crippen LogP contribution in [0.15, 0.2) is 47.8 Å². The molecule has 0 saturated carbocycles. The standard InChI is InChI=1S/C14H17N3S/c1-11(12-6-4-3-5-7-12)9-15-13-8-14(18-2)17-10-16-13/h3-8,10-11H,9H2,1-2H3,(H,15,16,17). The van der Waals surface area contributed by atoms with Crippen LogP contribution in [0.5, 0.6) is 0 Å². The van der Waals surface area contributed by atoms with Crippen LogP contribution in [0.2, 0.25) is 0 Å². The molecule has 1 heterocycles. The monoisotopic (exact) mass is 259 g/mol. The number of nitrogens with one attached hydrogen (secondary N) is 1. The van der Waals surface area contributed by atoms with E-state index in [1.807, 2.05) is 18.4 Å². The molecule has 1 aromatic carbocycles. The first-order valence-electron chi connectivity index (χ1n) is 5.94. The van der Waals surface area contributed by atoms with Crippen LogP contribution in [0.4, 0.5) is 5.82 Å². The maximum Gasteiger partial charge on any atom is 0.130 e. The predicted molar refractivity (Wildman–Crippen MR) is 77.2 cm³/mol. The average Bonchev–Trinajstić information content (AvgIpc) is 2.46. The maximum absolute atomic E-state index is 4.22. The molecule has 0 aliphatic heterocycles. The van der Waals surface area contributed by atoms with Gasteiger partial charge in [-0.2, -0.15) is 0 Å². The fraction of sp³-hybridized carbons (Fsp3) is 0.286. The van der Waals surface area contributed by atoms with Gasteiger partial charge < -0.3 is 5.32 Å². The van der Waals surface area contributed by atoms with E-state index in [-0.39, 0.29) is 0 Å². The van der Waals surface area contributed by atoms with Crippen molar-refractivity contribution in [2.75, 3.05) is 18.1 Å². The van der Waals surface area contributed by atoms with Crippen molar-refractivity contribution in [1.29, 1.82) is 0 Å². The fourth-order valence-corrected chi connectivity index (χ4v) is 2.09. The molecule has 94 valence electrons. The quantitative estimate of drug-likeness (QED) is 0.659. The van der Waals surface area contributed by atoms with Gasteiger partial charge in [-0.3, -0.25) is 0 Å². The van der Waals surface area contributed by atoms with E-state index in [9.17, 15) is 0 Å². The Morgan fingerprint density at radius 1 is 1.22 bits per heavy atom. The second-order valence-corrected chi connectivity index (χ2v) is 4.96. The molecule has 2 aromatic rings. The Balaban J connectivity index is 1.95. The summed E-state index contributed by atoms with van der Waals surface area (Å²) in [6.45, 7) is 3.08. The highest BCUT2D eigenvalue weighted by molar-refractivity contribution is 7.98. The van der Waals surface area contributed by atoms with Crippen molar-refractivity contribution in [2.45, 2.75) is 17.9 Å². The van der Waals surface area contributed by atoms with Gasteiger partial charge in [-0.15, -0.1) is 11.8 Å². The van der Waals surface area contributed by atoms with Crippen molar-refractivity contribution in [3.05, 3.63) is 48.3 Å². The smallest absolute Gasteiger partial charge is 0.130 e. The van der Waals surface area contributed by atoms with E-state index < -0.39 is 0 Å². The summed E-state index contributed by atoms with van der Waals surface area (Å²) in [7, 11) is 0. The van der Waals surface area contributed by atoms with Crippen LogP contribution in [-0.2, 0) is 0 Å². The molecular weight excluding hydrogens is 242 g/mol. The van der Waals surface area contributed by atoms with Crippen LogP contribution in [0.25, 0.3) is 0 Å². The number of anilines is 1. The van der Waals surface area contributed by atoms with Crippen LogP contribution < -0.4 is 5.32 Å². The Labute approximate surface area is 112 Å². The van der Waals surface area contributed by atoms with Crippen molar-refractivity contribution in [1.82, 2.24) is 9.97 Å². The van der Waals surface area contributed by atoms with Gasteiger partial charge in [-0.1, -0.05) is 37.3 Å². The lowest BCUT2D eigenvalue weighted by Crippen LogP contribution is -2.10. The van der Waals surface area contributed by atoms with Crippen LogP contribution >= 0.6 is 11.8 Å². The van der Waals surface area contributed by atoms with Crippen LogP contribution in [0.3, 0.4) is 0 Å². The third-order valence-electron chi connectivity index (χ3n) is 2.81. The van der Waals surface area contributed by atoms with E-state index in [2.05, 4.69) is 46.5 Å². The SMILES string of the molecule is CSc1cc(NCC(C)c2ccccc2)ncn1. The molecule has 1 unspecified atom stereocenters. The molecule has 0 spiro atoms. The molecule has 0 aliphatic rings. The summed E-state index contributed by atoms with van der Waals surface area (Å²) in [5.41, 5.74) is 1.34. The Hall–Kier alpha value is -1.55. The normalized spacial score (nSPS) is 12.1. The maximum atomic E-state index is 4.22. The van der Waals surface area contributed by atoms with Crippen molar-refractivity contribution in [3.63, 3.8) is 0 Å². The number of rotatable bonds is 5. The van der Waals surface area contributed by atoms with Crippen molar-refractivity contribution in [3.8, 4) is 0 Å². The summed E-state index contributed by atoms with van der Waals surface area (Å²) in [5.74, 6) is 1.34. The first-order chi connectivity index (χ1) is 8.79. The first-order valence-corrected chi connectivity index (χ1v) is 7.17.